The molecule has 0 bridgehead atoms. The number of hydrogen-bond donors (Lipinski definition) is 1. The number of hydrogen-bond acceptors (Lipinski definition) is 3. The van der Waals surface area contributed by atoms with Gasteiger partial charge in [0.25, 0.3) is 0 Å². The zero-order chi connectivity index (χ0) is 13.9. The van der Waals surface area contributed by atoms with E-state index in [0.717, 1.165) is 29.1 Å². The van der Waals surface area contributed by atoms with Crippen molar-refractivity contribution in [1.29, 1.82) is 0 Å². The molecule has 1 aliphatic heterocycles. The number of rotatable bonds is 3. The summed E-state index contributed by atoms with van der Waals surface area (Å²) in [5.41, 5.74) is 1.97. The van der Waals surface area contributed by atoms with Crippen LogP contribution in [0.4, 0.5) is 0 Å². The highest BCUT2D eigenvalue weighted by Gasteiger charge is 2.27. The highest BCUT2D eigenvalue weighted by molar-refractivity contribution is 8.00. The molecular formula is C16H14O3S. The minimum atomic E-state index is -0.784. The van der Waals surface area contributed by atoms with E-state index in [1.54, 1.807) is 0 Å². The molecule has 3 rings (SSSR count). The Balaban J connectivity index is 1.91. The number of fused-ring (bicyclic) bond motifs is 1. The van der Waals surface area contributed by atoms with Crippen LogP contribution in [0.5, 0.6) is 11.5 Å². The lowest BCUT2D eigenvalue weighted by Gasteiger charge is -2.22. The van der Waals surface area contributed by atoms with Crippen LogP contribution in [0.2, 0.25) is 0 Å². The van der Waals surface area contributed by atoms with Gasteiger partial charge in [-0.05, 0) is 47.6 Å². The van der Waals surface area contributed by atoms with E-state index >= 15 is 0 Å². The van der Waals surface area contributed by atoms with E-state index < -0.39 is 11.2 Å². The molecule has 102 valence electrons. The van der Waals surface area contributed by atoms with Crippen LogP contribution in [0, 0.1) is 0 Å². The number of benzene rings is 2. The van der Waals surface area contributed by atoms with Gasteiger partial charge in [-0.3, -0.25) is 4.79 Å². The van der Waals surface area contributed by atoms with E-state index in [0.29, 0.717) is 5.75 Å². The van der Waals surface area contributed by atoms with Crippen molar-refractivity contribution < 1.29 is 14.6 Å². The predicted molar refractivity (Wildman–Crippen MR) is 79.5 cm³/mol. The smallest absolute Gasteiger partial charge is 0.321 e. The first-order valence-corrected chi connectivity index (χ1v) is 7.49. The quantitative estimate of drug-likeness (QED) is 0.929. The number of aryl methyl sites for hydroxylation is 1. The van der Waals surface area contributed by atoms with Crippen molar-refractivity contribution in [1.82, 2.24) is 0 Å². The van der Waals surface area contributed by atoms with Crippen LogP contribution in [0.15, 0.2) is 48.5 Å². The zero-order valence-electron chi connectivity index (χ0n) is 10.8. The summed E-state index contributed by atoms with van der Waals surface area (Å²) in [5.74, 6) is 1.50. The second-order valence-corrected chi connectivity index (χ2v) is 5.83. The first kappa shape index (κ1) is 13.1. The molecule has 1 unspecified atom stereocenters. The van der Waals surface area contributed by atoms with Gasteiger partial charge < -0.3 is 9.84 Å². The maximum atomic E-state index is 11.3. The average Bonchev–Trinajstić information content (AvgIpc) is 2.47. The summed E-state index contributed by atoms with van der Waals surface area (Å²) < 4.78 is 5.77. The molecule has 2 aromatic carbocycles. The maximum Gasteiger partial charge on any atom is 0.321 e. The van der Waals surface area contributed by atoms with Gasteiger partial charge in [-0.25, -0.2) is 0 Å². The molecule has 1 aliphatic rings. The zero-order valence-corrected chi connectivity index (χ0v) is 11.6. The van der Waals surface area contributed by atoms with Gasteiger partial charge in [0, 0.05) is 0 Å². The number of ether oxygens (including phenoxy) is 1. The normalized spacial score (nSPS) is 17.3. The molecule has 0 aliphatic carbocycles. The third-order valence-electron chi connectivity index (χ3n) is 3.26. The maximum absolute atomic E-state index is 11.3. The molecule has 1 heterocycles. The van der Waals surface area contributed by atoms with Crippen LogP contribution in [0.1, 0.15) is 16.4 Å². The van der Waals surface area contributed by atoms with E-state index in [1.807, 2.05) is 48.5 Å². The molecule has 0 radical (unpaired) electrons. The first-order valence-electron chi connectivity index (χ1n) is 6.44. The molecule has 1 N–H and O–H groups in total. The van der Waals surface area contributed by atoms with Gasteiger partial charge in [0.15, 0.2) is 0 Å². The lowest BCUT2D eigenvalue weighted by molar-refractivity contribution is -0.136. The summed E-state index contributed by atoms with van der Waals surface area (Å²) in [7, 11) is 0. The van der Waals surface area contributed by atoms with Gasteiger partial charge in [-0.1, -0.05) is 24.3 Å². The average molecular weight is 286 g/mol. The van der Waals surface area contributed by atoms with Crippen LogP contribution < -0.4 is 4.74 Å². The third kappa shape index (κ3) is 2.65. The molecule has 2 aromatic rings. The number of aliphatic carboxylic acids is 1. The summed E-state index contributed by atoms with van der Waals surface area (Å²) in [6, 6.07) is 15.2. The van der Waals surface area contributed by atoms with Crippen molar-refractivity contribution in [2.24, 2.45) is 0 Å². The minimum Gasteiger partial charge on any atom is -0.480 e. The molecule has 3 nitrogen and oxygen atoms in total. The summed E-state index contributed by atoms with van der Waals surface area (Å²) in [5, 5.41) is 8.82. The fraction of sp³-hybridized carbons (Fsp3) is 0.188. The van der Waals surface area contributed by atoms with Crippen LogP contribution >= 0.6 is 11.8 Å². The van der Waals surface area contributed by atoms with Crippen molar-refractivity contribution in [3.05, 3.63) is 59.7 Å². The van der Waals surface area contributed by atoms with E-state index in [-0.39, 0.29) is 0 Å². The van der Waals surface area contributed by atoms with Crippen LogP contribution in [-0.2, 0) is 11.2 Å². The lowest BCUT2D eigenvalue weighted by Crippen LogP contribution is -2.16. The summed E-state index contributed by atoms with van der Waals surface area (Å²) in [6.45, 7) is 0. The summed E-state index contributed by atoms with van der Waals surface area (Å²) in [4.78, 5) is 11.3. The molecule has 20 heavy (non-hydrogen) atoms. The molecule has 1 atom stereocenters. The van der Waals surface area contributed by atoms with E-state index in [2.05, 4.69) is 0 Å². The molecule has 0 saturated heterocycles. The van der Waals surface area contributed by atoms with E-state index in [1.165, 1.54) is 11.8 Å². The molecule has 0 amide bonds. The van der Waals surface area contributed by atoms with Gasteiger partial charge in [0.05, 0.1) is 0 Å². The van der Waals surface area contributed by atoms with Crippen LogP contribution in [-0.4, -0.2) is 16.8 Å². The third-order valence-corrected chi connectivity index (χ3v) is 4.49. The first-order chi connectivity index (χ1) is 9.74. The Kier molecular flexibility index (Phi) is 3.65. The second-order valence-electron chi connectivity index (χ2n) is 4.61. The second kappa shape index (κ2) is 5.59. The highest BCUT2D eigenvalue weighted by Crippen LogP contribution is 2.39. The van der Waals surface area contributed by atoms with Crippen molar-refractivity contribution >= 4 is 17.7 Å². The van der Waals surface area contributed by atoms with Gasteiger partial charge in [0.2, 0.25) is 0 Å². The molecule has 0 fully saturated rings. The van der Waals surface area contributed by atoms with Crippen molar-refractivity contribution in [2.75, 3.05) is 5.75 Å². The summed E-state index contributed by atoms with van der Waals surface area (Å²) >= 11 is 1.47. The van der Waals surface area contributed by atoms with E-state index in [9.17, 15) is 9.90 Å². The number of thioether (sulfide) groups is 1. The van der Waals surface area contributed by atoms with Gasteiger partial charge >= 0.3 is 5.97 Å². The fourth-order valence-electron chi connectivity index (χ4n) is 2.31. The number of carboxylic acid groups (broad SMARTS) is 1. The molecule has 0 saturated carbocycles. The largest absolute Gasteiger partial charge is 0.480 e. The van der Waals surface area contributed by atoms with Crippen LogP contribution in [0.25, 0.3) is 0 Å². The molecular weight excluding hydrogens is 272 g/mol. The number of carboxylic acids is 1. The van der Waals surface area contributed by atoms with Crippen LogP contribution in [0.3, 0.4) is 0 Å². The van der Waals surface area contributed by atoms with Gasteiger partial charge in [0.1, 0.15) is 16.7 Å². The van der Waals surface area contributed by atoms with Crippen molar-refractivity contribution in [3.8, 4) is 11.5 Å². The SMILES string of the molecule is O=C(O)C1SCCc2ccc(Oc3ccccc3)cc21. The van der Waals surface area contributed by atoms with Gasteiger partial charge in [-0.15, -0.1) is 11.8 Å². The molecule has 4 heteroatoms. The Morgan fingerprint density at radius 3 is 2.70 bits per heavy atom. The summed E-state index contributed by atoms with van der Waals surface area (Å²) in [6.07, 6.45) is 0.912. The predicted octanol–water partition coefficient (Wildman–Crippen LogP) is 3.89. The van der Waals surface area contributed by atoms with Gasteiger partial charge in [-0.2, -0.15) is 0 Å². The fourth-order valence-corrected chi connectivity index (χ4v) is 3.43. The molecule has 0 spiro atoms. The Bertz CT molecular complexity index is 625. The van der Waals surface area contributed by atoms with Crippen molar-refractivity contribution in [2.45, 2.75) is 11.7 Å². The Morgan fingerprint density at radius 2 is 1.95 bits per heavy atom. The molecule has 0 aromatic heterocycles. The minimum absolute atomic E-state index is 0.488. The lowest BCUT2D eigenvalue weighted by atomic mass is 10.0. The van der Waals surface area contributed by atoms with E-state index in [4.69, 9.17) is 4.74 Å². The monoisotopic (exact) mass is 286 g/mol. The number of para-hydroxylation sites is 1. The van der Waals surface area contributed by atoms with Crippen molar-refractivity contribution in [3.63, 3.8) is 0 Å². The number of carbonyl (C=O) groups is 1. The standard InChI is InChI=1S/C16H14O3S/c17-16(18)15-14-10-13(7-6-11(14)8-9-20-15)19-12-4-2-1-3-5-12/h1-7,10,15H,8-9H2,(H,17,18). The Labute approximate surface area is 121 Å². The Morgan fingerprint density at radius 1 is 1.15 bits per heavy atom. The highest BCUT2D eigenvalue weighted by atomic mass is 32.2. The Hall–Kier alpha value is -1.94. The topological polar surface area (TPSA) is 46.5 Å².